The second kappa shape index (κ2) is 8.39. The fourth-order valence-electron chi connectivity index (χ4n) is 3.04. The van der Waals surface area contributed by atoms with Gasteiger partial charge < -0.3 is 19.1 Å². The van der Waals surface area contributed by atoms with Crippen LogP contribution in [0.5, 0.6) is 17.2 Å². The van der Waals surface area contributed by atoms with Crippen molar-refractivity contribution in [2.24, 2.45) is 10.2 Å². The van der Waals surface area contributed by atoms with E-state index in [-0.39, 0.29) is 11.6 Å². The lowest BCUT2D eigenvalue weighted by molar-refractivity contribution is -0.112. The molecule has 0 unspecified atom stereocenters. The molecule has 144 valence electrons. The van der Waals surface area contributed by atoms with Crippen LogP contribution in [0.4, 0.5) is 5.69 Å². The van der Waals surface area contributed by atoms with Crippen LogP contribution in [0, 0.1) is 0 Å². The van der Waals surface area contributed by atoms with Gasteiger partial charge in [0.25, 0.3) is 5.91 Å². The van der Waals surface area contributed by atoms with Crippen LogP contribution >= 0.6 is 0 Å². The molecule has 1 aliphatic rings. The maximum absolute atomic E-state index is 12.7. The number of rotatable bonds is 7. The van der Waals surface area contributed by atoms with E-state index in [0.717, 1.165) is 11.3 Å². The van der Waals surface area contributed by atoms with E-state index in [0.29, 0.717) is 29.4 Å². The summed E-state index contributed by atoms with van der Waals surface area (Å²) in [5.41, 5.74) is 2.47. The second-order valence-electron chi connectivity index (χ2n) is 5.84. The van der Waals surface area contributed by atoms with E-state index in [2.05, 4.69) is 16.8 Å². The van der Waals surface area contributed by atoms with Gasteiger partial charge in [-0.2, -0.15) is 5.10 Å². The summed E-state index contributed by atoms with van der Waals surface area (Å²) in [6, 6.07) is 11.0. The molecule has 1 amide bonds. The third-order valence-corrected chi connectivity index (χ3v) is 4.30. The van der Waals surface area contributed by atoms with E-state index in [4.69, 9.17) is 14.2 Å². The Hall–Kier alpha value is -3.61. The number of nitrogens with zero attached hydrogens (tertiary/aromatic N) is 3. The van der Waals surface area contributed by atoms with Crippen LogP contribution in [0.3, 0.4) is 0 Å². The number of ether oxygens (including phenoxy) is 3. The van der Waals surface area contributed by atoms with Crippen LogP contribution in [-0.4, -0.2) is 45.7 Å². The summed E-state index contributed by atoms with van der Waals surface area (Å²) in [5.74, 6) is 1.26. The van der Waals surface area contributed by atoms with Gasteiger partial charge in [0.05, 0.1) is 33.2 Å². The van der Waals surface area contributed by atoms with Crippen LogP contribution < -0.4 is 19.1 Å². The van der Waals surface area contributed by atoms with Gasteiger partial charge in [0, 0.05) is 17.7 Å². The molecular formula is C21H21N3O4. The highest BCUT2D eigenvalue weighted by atomic mass is 16.5. The zero-order valence-corrected chi connectivity index (χ0v) is 16.0. The molecule has 0 saturated heterocycles. The summed E-state index contributed by atoms with van der Waals surface area (Å²) in [4.78, 5) is 14.3. The van der Waals surface area contributed by atoms with Gasteiger partial charge in [0.2, 0.25) is 5.75 Å². The minimum atomic E-state index is -0.211. The van der Waals surface area contributed by atoms with Gasteiger partial charge in [-0.15, -0.1) is 11.7 Å². The molecule has 7 nitrogen and oxygen atoms in total. The lowest BCUT2D eigenvalue weighted by Gasteiger charge is -2.13. The molecule has 0 aromatic heterocycles. The number of para-hydroxylation sites is 1. The molecule has 0 spiro atoms. The first kappa shape index (κ1) is 19.2. The molecule has 3 rings (SSSR count). The van der Waals surface area contributed by atoms with Crippen LogP contribution in [0.2, 0.25) is 0 Å². The van der Waals surface area contributed by atoms with E-state index in [9.17, 15) is 4.79 Å². The summed E-state index contributed by atoms with van der Waals surface area (Å²) in [6.45, 7) is 4.11. The SMILES string of the molecule is C=CCN1C(=O)/C(=N\N=C/c2ccc(OC)c(OC)c2OC)c2ccccc21. The molecule has 0 bridgehead atoms. The van der Waals surface area contributed by atoms with Crippen molar-refractivity contribution in [2.45, 2.75) is 0 Å². The van der Waals surface area contributed by atoms with E-state index in [1.54, 1.807) is 30.2 Å². The first-order valence-corrected chi connectivity index (χ1v) is 8.58. The maximum Gasteiger partial charge on any atom is 0.279 e. The Morgan fingerprint density at radius 2 is 1.79 bits per heavy atom. The zero-order chi connectivity index (χ0) is 20.1. The summed E-state index contributed by atoms with van der Waals surface area (Å²) in [7, 11) is 4.61. The highest BCUT2D eigenvalue weighted by molar-refractivity contribution is 6.54. The Morgan fingerprint density at radius 1 is 1.04 bits per heavy atom. The van der Waals surface area contributed by atoms with Crippen molar-refractivity contribution >= 4 is 23.5 Å². The van der Waals surface area contributed by atoms with Crippen molar-refractivity contribution < 1.29 is 19.0 Å². The third-order valence-electron chi connectivity index (χ3n) is 4.30. The highest BCUT2D eigenvalue weighted by Gasteiger charge is 2.33. The zero-order valence-electron chi connectivity index (χ0n) is 16.0. The van der Waals surface area contributed by atoms with Gasteiger partial charge in [-0.1, -0.05) is 24.3 Å². The number of anilines is 1. The fourth-order valence-corrected chi connectivity index (χ4v) is 3.04. The minimum Gasteiger partial charge on any atom is -0.493 e. The predicted octanol–water partition coefficient (Wildman–Crippen LogP) is 3.07. The number of carbonyl (C=O) groups excluding carboxylic acids is 1. The predicted molar refractivity (Wildman–Crippen MR) is 109 cm³/mol. The summed E-state index contributed by atoms with van der Waals surface area (Å²) >= 11 is 0. The Morgan fingerprint density at radius 3 is 2.46 bits per heavy atom. The van der Waals surface area contributed by atoms with Crippen LogP contribution in [0.25, 0.3) is 0 Å². The number of methoxy groups -OCH3 is 3. The van der Waals surface area contributed by atoms with Gasteiger partial charge in [0.1, 0.15) is 0 Å². The molecule has 0 saturated carbocycles. The fraction of sp³-hybridized carbons (Fsp3) is 0.190. The summed E-state index contributed by atoms with van der Waals surface area (Å²) < 4.78 is 16.1. The maximum atomic E-state index is 12.7. The highest BCUT2D eigenvalue weighted by Crippen LogP contribution is 2.39. The molecule has 7 heteroatoms. The van der Waals surface area contributed by atoms with Crippen molar-refractivity contribution in [3.8, 4) is 17.2 Å². The Kier molecular flexibility index (Phi) is 5.74. The lowest BCUT2D eigenvalue weighted by atomic mass is 10.1. The third kappa shape index (κ3) is 3.34. The van der Waals surface area contributed by atoms with Crippen molar-refractivity contribution in [1.82, 2.24) is 0 Å². The molecule has 2 aromatic carbocycles. The van der Waals surface area contributed by atoms with Crippen molar-refractivity contribution in [1.29, 1.82) is 0 Å². The normalized spacial score (nSPS) is 14.5. The first-order valence-electron chi connectivity index (χ1n) is 8.58. The average Bonchev–Trinajstić information content (AvgIpc) is 2.99. The smallest absolute Gasteiger partial charge is 0.279 e. The van der Waals surface area contributed by atoms with E-state index in [1.165, 1.54) is 20.4 Å². The number of carbonyl (C=O) groups is 1. The quantitative estimate of drug-likeness (QED) is 0.421. The molecule has 0 radical (unpaired) electrons. The first-order chi connectivity index (χ1) is 13.7. The summed E-state index contributed by atoms with van der Waals surface area (Å²) in [5, 5.41) is 8.30. The van der Waals surface area contributed by atoms with Gasteiger partial charge in [-0.3, -0.25) is 4.79 Å². The number of hydrogen-bond acceptors (Lipinski definition) is 6. The Labute approximate surface area is 163 Å². The van der Waals surface area contributed by atoms with Crippen LogP contribution in [0.15, 0.2) is 59.3 Å². The standard InChI is InChI=1S/C21H21N3O4/c1-5-12-24-16-9-7-6-8-15(16)18(21(24)25)23-22-13-14-10-11-17(26-2)20(28-4)19(14)27-3/h5-11,13H,1,12H2,2-4H3/b22-13-,23-18-. The lowest BCUT2D eigenvalue weighted by Crippen LogP contribution is -2.30. The van der Waals surface area contributed by atoms with Gasteiger partial charge in [0.15, 0.2) is 17.2 Å². The van der Waals surface area contributed by atoms with Gasteiger partial charge in [-0.25, -0.2) is 0 Å². The molecule has 0 N–H and O–H groups in total. The largest absolute Gasteiger partial charge is 0.493 e. The summed E-state index contributed by atoms with van der Waals surface area (Å²) in [6.07, 6.45) is 3.19. The van der Waals surface area contributed by atoms with Crippen LogP contribution in [-0.2, 0) is 4.79 Å². The molecular weight excluding hydrogens is 358 g/mol. The molecule has 28 heavy (non-hydrogen) atoms. The molecule has 1 heterocycles. The van der Waals surface area contributed by atoms with E-state index in [1.807, 2.05) is 24.3 Å². The molecule has 0 aliphatic carbocycles. The number of amides is 1. The molecule has 0 atom stereocenters. The molecule has 1 aliphatic heterocycles. The van der Waals surface area contributed by atoms with Crippen LogP contribution in [0.1, 0.15) is 11.1 Å². The van der Waals surface area contributed by atoms with Crippen molar-refractivity contribution in [3.05, 3.63) is 60.2 Å². The minimum absolute atomic E-state index is 0.211. The van der Waals surface area contributed by atoms with Gasteiger partial charge in [-0.05, 0) is 18.2 Å². The number of benzene rings is 2. The number of fused-ring (bicyclic) bond motifs is 1. The average molecular weight is 379 g/mol. The van der Waals surface area contributed by atoms with Gasteiger partial charge >= 0.3 is 0 Å². The monoisotopic (exact) mass is 379 g/mol. The number of hydrogen-bond donors (Lipinski definition) is 0. The Bertz CT molecular complexity index is 966. The topological polar surface area (TPSA) is 72.7 Å². The van der Waals surface area contributed by atoms with E-state index >= 15 is 0 Å². The van der Waals surface area contributed by atoms with Crippen molar-refractivity contribution in [3.63, 3.8) is 0 Å². The molecule has 2 aromatic rings. The van der Waals surface area contributed by atoms with Crippen molar-refractivity contribution in [2.75, 3.05) is 32.8 Å². The Balaban J connectivity index is 1.97. The van der Waals surface area contributed by atoms with E-state index < -0.39 is 0 Å². The second-order valence-corrected chi connectivity index (χ2v) is 5.84. The molecule has 0 fully saturated rings.